The number of allylic oxidation sites excluding steroid dienone is 1. The van der Waals surface area contributed by atoms with Crippen LogP contribution < -0.4 is 0 Å². The Bertz CT molecular complexity index is 199. The summed E-state index contributed by atoms with van der Waals surface area (Å²) < 4.78 is 5.15. The summed E-state index contributed by atoms with van der Waals surface area (Å²) in [4.78, 5) is 11.3. The van der Waals surface area contributed by atoms with Crippen LogP contribution in [-0.2, 0) is 9.53 Å². The molecule has 1 saturated heterocycles. The maximum absolute atomic E-state index is 11.3. The summed E-state index contributed by atoms with van der Waals surface area (Å²) in [5.41, 5.74) is 1.36. The molecule has 1 fully saturated rings. The fraction of sp³-hybridized carbons (Fsp3) is 0.786. The zero-order chi connectivity index (χ0) is 11.6. The molecule has 0 unspecified atom stereocenters. The van der Waals surface area contributed by atoms with Crippen LogP contribution in [0.25, 0.3) is 0 Å². The first-order chi connectivity index (χ1) is 7.79. The topological polar surface area (TPSA) is 26.3 Å². The fourth-order valence-electron chi connectivity index (χ4n) is 2.03. The quantitative estimate of drug-likeness (QED) is 0.459. The number of ether oxygens (including phenoxy) is 1. The number of esters is 1. The molecule has 2 heteroatoms. The number of hydrogen-bond donors (Lipinski definition) is 0. The van der Waals surface area contributed by atoms with E-state index in [-0.39, 0.29) is 5.97 Å². The molecule has 0 spiro atoms. The Morgan fingerprint density at radius 3 is 2.12 bits per heavy atom. The van der Waals surface area contributed by atoms with Gasteiger partial charge in [-0.25, -0.2) is 0 Å². The van der Waals surface area contributed by atoms with Crippen LogP contribution in [-0.4, -0.2) is 12.6 Å². The van der Waals surface area contributed by atoms with Gasteiger partial charge in [-0.15, -0.1) is 0 Å². The highest BCUT2D eigenvalue weighted by Crippen LogP contribution is 2.16. The number of carbonyl (C=O) groups is 1. The van der Waals surface area contributed by atoms with Gasteiger partial charge in [0.2, 0.25) is 0 Å². The standard InChI is InChI=1S/C14H24O2/c1-13-9-5-3-2-4-6-11-14(15)16-12-8-7-10-13/h1-12H2. The van der Waals surface area contributed by atoms with Gasteiger partial charge in [-0.1, -0.05) is 31.4 Å². The van der Waals surface area contributed by atoms with Gasteiger partial charge in [0.1, 0.15) is 0 Å². The Morgan fingerprint density at radius 2 is 1.38 bits per heavy atom. The van der Waals surface area contributed by atoms with Crippen molar-refractivity contribution < 1.29 is 9.53 Å². The Labute approximate surface area is 99.1 Å². The van der Waals surface area contributed by atoms with E-state index in [4.69, 9.17) is 4.74 Å². The summed E-state index contributed by atoms with van der Waals surface area (Å²) in [6, 6.07) is 0. The van der Waals surface area contributed by atoms with Crippen LogP contribution in [0, 0.1) is 0 Å². The highest BCUT2D eigenvalue weighted by molar-refractivity contribution is 5.69. The lowest BCUT2D eigenvalue weighted by Gasteiger charge is -2.08. The molecule has 16 heavy (non-hydrogen) atoms. The van der Waals surface area contributed by atoms with Crippen molar-refractivity contribution in [2.24, 2.45) is 0 Å². The highest BCUT2D eigenvalue weighted by Gasteiger charge is 2.04. The molecule has 0 atom stereocenters. The van der Waals surface area contributed by atoms with Crippen molar-refractivity contribution in [1.29, 1.82) is 0 Å². The maximum Gasteiger partial charge on any atom is 0.305 e. The monoisotopic (exact) mass is 224 g/mol. The Morgan fingerprint density at radius 1 is 0.812 bits per heavy atom. The second-order valence-corrected chi connectivity index (χ2v) is 4.70. The maximum atomic E-state index is 11.3. The van der Waals surface area contributed by atoms with Crippen molar-refractivity contribution in [3.63, 3.8) is 0 Å². The lowest BCUT2D eigenvalue weighted by atomic mass is 10.0. The molecule has 1 rings (SSSR count). The van der Waals surface area contributed by atoms with E-state index < -0.39 is 0 Å². The van der Waals surface area contributed by atoms with Gasteiger partial charge in [0, 0.05) is 6.42 Å². The zero-order valence-corrected chi connectivity index (χ0v) is 10.3. The van der Waals surface area contributed by atoms with Crippen LogP contribution in [0.5, 0.6) is 0 Å². The van der Waals surface area contributed by atoms with E-state index in [1.807, 2.05) is 0 Å². The molecular formula is C14H24O2. The molecule has 1 aliphatic rings. The lowest BCUT2D eigenvalue weighted by molar-refractivity contribution is -0.143. The molecule has 0 aliphatic carbocycles. The predicted molar refractivity (Wildman–Crippen MR) is 66.3 cm³/mol. The molecule has 0 saturated carbocycles. The normalized spacial score (nSPS) is 22.2. The van der Waals surface area contributed by atoms with Crippen LogP contribution >= 0.6 is 0 Å². The minimum Gasteiger partial charge on any atom is -0.466 e. The second-order valence-electron chi connectivity index (χ2n) is 4.70. The Hall–Kier alpha value is -0.790. The van der Waals surface area contributed by atoms with Gasteiger partial charge in [-0.05, 0) is 38.5 Å². The summed E-state index contributed by atoms with van der Waals surface area (Å²) >= 11 is 0. The van der Waals surface area contributed by atoms with Crippen molar-refractivity contribution in [3.8, 4) is 0 Å². The van der Waals surface area contributed by atoms with Gasteiger partial charge in [0.05, 0.1) is 6.61 Å². The molecule has 0 N–H and O–H groups in total. The SMILES string of the molecule is C=C1CCCCCCCC(=O)OCCCC1. The van der Waals surface area contributed by atoms with Gasteiger partial charge >= 0.3 is 5.97 Å². The average molecular weight is 224 g/mol. The molecule has 0 aromatic rings. The van der Waals surface area contributed by atoms with E-state index in [1.165, 1.54) is 31.3 Å². The Balaban J connectivity index is 2.23. The van der Waals surface area contributed by atoms with Gasteiger partial charge < -0.3 is 4.74 Å². The van der Waals surface area contributed by atoms with Crippen LogP contribution in [0.15, 0.2) is 12.2 Å². The highest BCUT2D eigenvalue weighted by atomic mass is 16.5. The summed E-state index contributed by atoms with van der Waals surface area (Å²) in [5.74, 6) is -0.0177. The van der Waals surface area contributed by atoms with Gasteiger partial charge in [0.25, 0.3) is 0 Å². The van der Waals surface area contributed by atoms with E-state index in [9.17, 15) is 4.79 Å². The van der Waals surface area contributed by atoms with E-state index in [0.29, 0.717) is 13.0 Å². The van der Waals surface area contributed by atoms with Crippen molar-refractivity contribution >= 4 is 5.97 Å². The van der Waals surface area contributed by atoms with Gasteiger partial charge in [-0.3, -0.25) is 4.79 Å². The summed E-state index contributed by atoms with van der Waals surface area (Å²) in [7, 11) is 0. The van der Waals surface area contributed by atoms with Crippen LogP contribution in [0.3, 0.4) is 0 Å². The third kappa shape index (κ3) is 6.65. The summed E-state index contributed by atoms with van der Waals surface area (Å²) in [5, 5.41) is 0. The van der Waals surface area contributed by atoms with E-state index >= 15 is 0 Å². The van der Waals surface area contributed by atoms with Gasteiger partial charge in [-0.2, -0.15) is 0 Å². The fourth-order valence-corrected chi connectivity index (χ4v) is 2.03. The smallest absolute Gasteiger partial charge is 0.305 e. The van der Waals surface area contributed by atoms with E-state index in [0.717, 1.165) is 32.1 Å². The number of hydrogen-bond acceptors (Lipinski definition) is 2. The van der Waals surface area contributed by atoms with Crippen LogP contribution in [0.4, 0.5) is 0 Å². The zero-order valence-electron chi connectivity index (χ0n) is 10.3. The summed E-state index contributed by atoms with van der Waals surface area (Å²) in [6.07, 6.45) is 10.9. The lowest BCUT2D eigenvalue weighted by Crippen LogP contribution is -2.05. The van der Waals surface area contributed by atoms with Crippen LogP contribution in [0.1, 0.15) is 64.2 Å². The minimum atomic E-state index is -0.0177. The molecule has 0 aromatic heterocycles. The van der Waals surface area contributed by atoms with Crippen molar-refractivity contribution in [1.82, 2.24) is 0 Å². The second kappa shape index (κ2) is 8.37. The first-order valence-corrected chi connectivity index (χ1v) is 6.61. The third-order valence-electron chi connectivity index (χ3n) is 3.10. The van der Waals surface area contributed by atoms with Crippen molar-refractivity contribution in [2.45, 2.75) is 64.2 Å². The molecule has 0 bridgehead atoms. The summed E-state index contributed by atoms with van der Waals surface area (Å²) in [6.45, 7) is 4.68. The van der Waals surface area contributed by atoms with Crippen molar-refractivity contribution in [2.75, 3.05) is 6.61 Å². The first kappa shape index (κ1) is 13.3. The molecular weight excluding hydrogens is 200 g/mol. The first-order valence-electron chi connectivity index (χ1n) is 6.61. The molecule has 0 radical (unpaired) electrons. The number of carbonyl (C=O) groups excluding carboxylic acids is 1. The molecule has 92 valence electrons. The minimum absolute atomic E-state index is 0.0177. The number of cyclic esters (lactones) is 1. The predicted octanol–water partition coefficient (Wildman–Crippen LogP) is 4.00. The molecule has 0 amide bonds. The molecule has 0 aromatic carbocycles. The molecule has 1 aliphatic heterocycles. The average Bonchev–Trinajstić information content (AvgIpc) is 2.26. The van der Waals surface area contributed by atoms with Gasteiger partial charge in [0.15, 0.2) is 0 Å². The van der Waals surface area contributed by atoms with E-state index in [2.05, 4.69) is 6.58 Å². The third-order valence-corrected chi connectivity index (χ3v) is 3.10. The largest absolute Gasteiger partial charge is 0.466 e. The molecule has 1 heterocycles. The van der Waals surface area contributed by atoms with Crippen LogP contribution in [0.2, 0.25) is 0 Å². The Kier molecular flexibility index (Phi) is 6.95. The number of rotatable bonds is 0. The van der Waals surface area contributed by atoms with E-state index in [1.54, 1.807) is 0 Å². The van der Waals surface area contributed by atoms with Crippen molar-refractivity contribution in [3.05, 3.63) is 12.2 Å². The molecule has 2 nitrogen and oxygen atoms in total.